The lowest BCUT2D eigenvalue weighted by molar-refractivity contribution is -0.383. The average Bonchev–Trinajstić information content (AvgIpc) is 2.59. The Kier molecular flexibility index (Phi) is 5.08. The van der Waals surface area contributed by atoms with Gasteiger partial charge >= 0.3 is 5.69 Å². The fraction of sp³-hybridized carbons (Fsp3) is 0.0588. The molecule has 8 heteroatoms. The van der Waals surface area contributed by atoms with Crippen molar-refractivity contribution in [3.63, 3.8) is 0 Å². The Morgan fingerprint density at radius 1 is 0.920 bits per heavy atom. The van der Waals surface area contributed by atoms with Gasteiger partial charge in [0.2, 0.25) is 11.6 Å². The fourth-order valence-corrected chi connectivity index (χ4v) is 2.54. The molecule has 0 spiro atoms. The third kappa shape index (κ3) is 4.21. The van der Waals surface area contributed by atoms with E-state index in [0.717, 1.165) is 9.13 Å². The highest BCUT2D eigenvalue weighted by molar-refractivity contribution is 14.1. The minimum absolute atomic E-state index is 0.135. The maximum absolute atomic E-state index is 11.6. The molecule has 126 valence electrons. The van der Waals surface area contributed by atoms with Crippen LogP contribution >= 0.6 is 22.6 Å². The minimum atomic E-state index is -0.494. The summed E-state index contributed by atoms with van der Waals surface area (Å²) in [4.78, 5) is 19.1. The van der Waals surface area contributed by atoms with Gasteiger partial charge in [0.25, 0.3) is 0 Å². The Hall–Kier alpha value is -2.75. The van der Waals surface area contributed by atoms with Crippen LogP contribution in [0.3, 0.4) is 0 Å². The summed E-state index contributed by atoms with van der Waals surface area (Å²) in [6.45, 7) is 1.97. The number of nitrogens with one attached hydrogen (secondary N) is 2. The zero-order chi connectivity index (χ0) is 17.8. The van der Waals surface area contributed by atoms with Crippen LogP contribution in [0.5, 0.6) is 0 Å². The molecule has 0 bridgehead atoms. The van der Waals surface area contributed by atoms with Crippen LogP contribution in [-0.4, -0.2) is 14.9 Å². The van der Waals surface area contributed by atoms with Crippen molar-refractivity contribution in [1.82, 2.24) is 9.97 Å². The van der Waals surface area contributed by atoms with Crippen molar-refractivity contribution >= 4 is 51.3 Å². The molecule has 0 fully saturated rings. The molecule has 0 aliphatic carbocycles. The fourth-order valence-electron chi connectivity index (χ4n) is 2.18. The first kappa shape index (κ1) is 17.1. The molecule has 25 heavy (non-hydrogen) atoms. The highest BCUT2D eigenvalue weighted by atomic mass is 127. The number of aromatic nitrogens is 2. The van der Waals surface area contributed by atoms with Gasteiger partial charge in [0, 0.05) is 14.9 Å². The van der Waals surface area contributed by atoms with E-state index in [0.29, 0.717) is 11.4 Å². The lowest BCUT2D eigenvalue weighted by Gasteiger charge is -2.10. The van der Waals surface area contributed by atoms with Gasteiger partial charge in [-0.1, -0.05) is 17.7 Å². The molecule has 3 aromatic rings. The first-order chi connectivity index (χ1) is 12.0. The van der Waals surface area contributed by atoms with Gasteiger partial charge in [0.15, 0.2) is 0 Å². The molecular weight excluding hydrogens is 433 g/mol. The van der Waals surface area contributed by atoms with Gasteiger partial charge in [-0.15, -0.1) is 0 Å². The lowest BCUT2D eigenvalue weighted by Crippen LogP contribution is -2.05. The standard InChI is InChI=1S/C17H14IN5O2/c1-11-2-6-13(7-3-11)21-16-15(23(24)25)17(20-10-19-16)22-14-8-4-12(18)5-9-14/h2-10H,1H3,(H2,19,20,21,22). The van der Waals surface area contributed by atoms with Crippen molar-refractivity contribution in [1.29, 1.82) is 0 Å². The molecule has 0 radical (unpaired) electrons. The number of hydrogen-bond acceptors (Lipinski definition) is 6. The third-order valence-corrected chi connectivity index (χ3v) is 4.15. The van der Waals surface area contributed by atoms with Gasteiger partial charge in [-0.05, 0) is 65.9 Å². The number of halogens is 1. The summed E-state index contributed by atoms with van der Waals surface area (Å²) >= 11 is 2.19. The van der Waals surface area contributed by atoms with E-state index in [1.54, 1.807) is 0 Å². The Labute approximate surface area is 157 Å². The molecule has 7 nitrogen and oxygen atoms in total. The third-order valence-electron chi connectivity index (χ3n) is 3.43. The second-order valence-electron chi connectivity index (χ2n) is 5.30. The van der Waals surface area contributed by atoms with Gasteiger partial charge in [-0.25, -0.2) is 9.97 Å². The minimum Gasteiger partial charge on any atom is -0.334 e. The number of hydrogen-bond donors (Lipinski definition) is 2. The van der Waals surface area contributed by atoms with E-state index in [-0.39, 0.29) is 17.3 Å². The first-order valence-corrected chi connectivity index (χ1v) is 8.46. The van der Waals surface area contributed by atoms with E-state index < -0.39 is 4.92 Å². The molecule has 0 saturated carbocycles. The molecule has 0 atom stereocenters. The number of aryl methyl sites for hydroxylation is 1. The second-order valence-corrected chi connectivity index (χ2v) is 6.55. The van der Waals surface area contributed by atoms with Gasteiger partial charge < -0.3 is 10.6 Å². The molecule has 0 unspecified atom stereocenters. The molecule has 0 aliphatic rings. The Bertz CT molecular complexity index is 832. The van der Waals surface area contributed by atoms with Crippen LogP contribution < -0.4 is 10.6 Å². The van der Waals surface area contributed by atoms with Crippen molar-refractivity contribution in [3.05, 3.63) is 74.1 Å². The van der Waals surface area contributed by atoms with Crippen LogP contribution in [0.15, 0.2) is 54.9 Å². The van der Waals surface area contributed by atoms with Gasteiger partial charge in [-0.2, -0.15) is 0 Å². The maximum atomic E-state index is 11.6. The van der Waals surface area contributed by atoms with Crippen LogP contribution in [0.4, 0.5) is 28.7 Å². The number of benzene rings is 2. The van der Waals surface area contributed by atoms with E-state index in [1.165, 1.54) is 6.33 Å². The van der Waals surface area contributed by atoms with E-state index in [9.17, 15) is 10.1 Å². The quantitative estimate of drug-likeness (QED) is 0.332. The number of nitrogens with zero attached hydrogens (tertiary/aromatic N) is 3. The smallest absolute Gasteiger partial charge is 0.334 e. The Morgan fingerprint density at radius 2 is 1.40 bits per heavy atom. The highest BCUT2D eigenvalue weighted by Crippen LogP contribution is 2.33. The predicted octanol–water partition coefficient (Wildman–Crippen LogP) is 4.79. The Morgan fingerprint density at radius 3 is 1.88 bits per heavy atom. The van der Waals surface area contributed by atoms with E-state index in [4.69, 9.17) is 0 Å². The number of nitro groups is 1. The van der Waals surface area contributed by atoms with Crippen LogP contribution in [0, 0.1) is 20.6 Å². The van der Waals surface area contributed by atoms with Gasteiger partial charge in [0.1, 0.15) is 6.33 Å². The molecule has 2 N–H and O–H groups in total. The van der Waals surface area contributed by atoms with Crippen LogP contribution in [0.25, 0.3) is 0 Å². The molecule has 0 amide bonds. The zero-order valence-electron chi connectivity index (χ0n) is 13.2. The second kappa shape index (κ2) is 7.43. The highest BCUT2D eigenvalue weighted by Gasteiger charge is 2.23. The average molecular weight is 447 g/mol. The van der Waals surface area contributed by atoms with Crippen molar-refractivity contribution in [2.24, 2.45) is 0 Å². The summed E-state index contributed by atoms with van der Waals surface area (Å²) in [5.74, 6) is 0.271. The Balaban J connectivity index is 1.94. The van der Waals surface area contributed by atoms with Crippen molar-refractivity contribution < 1.29 is 4.92 Å². The number of rotatable bonds is 5. The summed E-state index contributed by atoms with van der Waals surface area (Å²) in [7, 11) is 0. The summed E-state index contributed by atoms with van der Waals surface area (Å²) in [5, 5.41) is 17.5. The molecule has 0 saturated heterocycles. The van der Waals surface area contributed by atoms with E-state index >= 15 is 0 Å². The zero-order valence-corrected chi connectivity index (χ0v) is 15.4. The SMILES string of the molecule is Cc1ccc(Nc2ncnc(Nc3ccc(I)cc3)c2[N+](=O)[O-])cc1. The van der Waals surface area contributed by atoms with E-state index in [2.05, 4.69) is 43.2 Å². The lowest BCUT2D eigenvalue weighted by atomic mass is 10.2. The largest absolute Gasteiger partial charge is 0.353 e. The summed E-state index contributed by atoms with van der Waals surface area (Å²) in [6, 6.07) is 15.0. The molecular formula is C17H14IN5O2. The molecule has 0 aliphatic heterocycles. The summed E-state index contributed by atoms with van der Waals surface area (Å²) in [6.07, 6.45) is 1.29. The van der Waals surface area contributed by atoms with E-state index in [1.807, 2.05) is 55.5 Å². The predicted molar refractivity (Wildman–Crippen MR) is 106 cm³/mol. The topological polar surface area (TPSA) is 93.0 Å². The first-order valence-electron chi connectivity index (χ1n) is 7.38. The van der Waals surface area contributed by atoms with Crippen LogP contribution in [-0.2, 0) is 0 Å². The molecule has 2 aromatic carbocycles. The van der Waals surface area contributed by atoms with Crippen LogP contribution in [0.1, 0.15) is 5.56 Å². The monoisotopic (exact) mass is 447 g/mol. The van der Waals surface area contributed by atoms with Gasteiger partial charge in [-0.3, -0.25) is 10.1 Å². The summed E-state index contributed by atoms with van der Waals surface area (Å²) in [5.41, 5.74) is 2.32. The normalized spacial score (nSPS) is 10.3. The van der Waals surface area contributed by atoms with Crippen molar-refractivity contribution in [2.75, 3.05) is 10.6 Å². The van der Waals surface area contributed by atoms with Crippen molar-refractivity contribution in [2.45, 2.75) is 6.92 Å². The number of anilines is 4. The van der Waals surface area contributed by atoms with Crippen molar-refractivity contribution in [3.8, 4) is 0 Å². The molecule has 3 rings (SSSR count). The molecule has 1 heterocycles. The van der Waals surface area contributed by atoms with Crippen LogP contribution in [0.2, 0.25) is 0 Å². The summed E-state index contributed by atoms with van der Waals surface area (Å²) < 4.78 is 1.07. The molecule has 1 aromatic heterocycles. The maximum Gasteiger partial charge on any atom is 0.353 e. The van der Waals surface area contributed by atoms with Gasteiger partial charge in [0.05, 0.1) is 4.92 Å².